The summed E-state index contributed by atoms with van der Waals surface area (Å²) in [7, 11) is 0. The van der Waals surface area contributed by atoms with E-state index < -0.39 is 53.5 Å². The van der Waals surface area contributed by atoms with Gasteiger partial charge >= 0.3 is 11.9 Å². The average Bonchev–Trinajstić information content (AvgIpc) is 3.02. The molecule has 21 heteroatoms. The molecule has 2 fully saturated rings. The van der Waals surface area contributed by atoms with Crippen LogP contribution in [0.2, 0.25) is 20.1 Å². The van der Waals surface area contributed by atoms with Gasteiger partial charge in [-0.1, -0.05) is 46.4 Å². The summed E-state index contributed by atoms with van der Waals surface area (Å²) in [4.78, 5) is 38.3. The summed E-state index contributed by atoms with van der Waals surface area (Å²) in [5.74, 6) is -3.10. The topological polar surface area (TPSA) is 176 Å². The molecule has 2 unspecified atom stereocenters. The molecule has 2 saturated heterocycles. The summed E-state index contributed by atoms with van der Waals surface area (Å²) >= 11 is 20.1. The number of halogens is 4. The summed E-state index contributed by atoms with van der Waals surface area (Å²) in [6.45, 7) is 0.523. The third kappa shape index (κ3) is 8.66. The number of nitrogens with zero attached hydrogens (tertiary/aromatic N) is 4. The quantitative estimate of drug-likeness (QED) is 0.238. The fraction of sp³-hybridized carbons (Fsp3) is 0.400. The largest absolute Gasteiger partial charge is 0.454 e. The van der Waals surface area contributed by atoms with E-state index in [0.717, 1.165) is 8.83 Å². The van der Waals surface area contributed by atoms with Crippen molar-refractivity contribution in [1.29, 1.82) is 0 Å². The van der Waals surface area contributed by atoms with Crippen molar-refractivity contribution in [3.05, 3.63) is 55.5 Å². The fourth-order valence-corrected chi connectivity index (χ4v) is 7.04. The Morgan fingerprint density at radius 2 is 1.04 bits per heavy atom. The zero-order valence-electron chi connectivity index (χ0n) is 23.6. The number of carbonyl (C=O) groups is 3. The highest BCUT2D eigenvalue weighted by Gasteiger charge is 2.31. The first-order chi connectivity index (χ1) is 21.9. The van der Waals surface area contributed by atoms with Crippen LogP contribution in [0.5, 0.6) is 0 Å². The van der Waals surface area contributed by atoms with Crippen molar-refractivity contribution >= 4 is 98.0 Å². The molecule has 2 heterocycles. The van der Waals surface area contributed by atoms with Crippen molar-refractivity contribution in [2.45, 2.75) is 0 Å². The van der Waals surface area contributed by atoms with Gasteiger partial charge in [-0.2, -0.15) is 8.83 Å². The maximum atomic E-state index is 12.9. The lowest BCUT2D eigenvalue weighted by Crippen LogP contribution is -2.49. The first-order valence-corrected chi connectivity index (χ1v) is 16.9. The van der Waals surface area contributed by atoms with Crippen LogP contribution in [0, 0.1) is 0 Å². The minimum Gasteiger partial charge on any atom is -0.454 e. The number of benzene rings is 2. The lowest BCUT2D eigenvalue weighted by atomic mass is 10.2. The van der Waals surface area contributed by atoms with E-state index in [9.17, 15) is 31.9 Å². The van der Waals surface area contributed by atoms with E-state index in [1.54, 1.807) is 0 Å². The third-order valence-corrected chi connectivity index (χ3v) is 9.32. The molecule has 2 aromatic rings. The Bertz CT molecular complexity index is 1420. The normalized spacial score (nSPS) is 17.2. The first kappa shape index (κ1) is 36.7. The first-order valence-electron chi connectivity index (χ1n) is 13.2. The van der Waals surface area contributed by atoms with Crippen molar-refractivity contribution in [3.63, 3.8) is 0 Å². The molecular formula is C25H26Cl4N4O11S2. The van der Waals surface area contributed by atoms with Crippen molar-refractivity contribution in [2.24, 2.45) is 0 Å². The summed E-state index contributed by atoms with van der Waals surface area (Å²) < 4.78 is 66.8. The number of hydrazine groups is 2. The highest BCUT2D eigenvalue weighted by Crippen LogP contribution is 2.37. The minimum absolute atomic E-state index is 0.0192. The van der Waals surface area contributed by atoms with Crippen LogP contribution in [-0.4, -0.2) is 111 Å². The second kappa shape index (κ2) is 16.8. The van der Waals surface area contributed by atoms with Gasteiger partial charge in [-0.05, 0) is 24.3 Å². The van der Waals surface area contributed by atoms with Gasteiger partial charge in [0.2, 0.25) is 5.78 Å². The number of morpholine rings is 2. The van der Waals surface area contributed by atoms with Gasteiger partial charge in [0.15, 0.2) is 13.2 Å². The van der Waals surface area contributed by atoms with Crippen LogP contribution in [0.4, 0.5) is 11.4 Å². The van der Waals surface area contributed by atoms with Gasteiger partial charge in [-0.25, -0.2) is 28.0 Å². The van der Waals surface area contributed by atoms with E-state index in [4.69, 9.17) is 65.4 Å². The van der Waals surface area contributed by atoms with E-state index in [0.29, 0.717) is 26.4 Å². The van der Waals surface area contributed by atoms with Crippen molar-refractivity contribution < 1.29 is 50.9 Å². The molecule has 2 N–H and O–H groups in total. The van der Waals surface area contributed by atoms with Crippen LogP contribution in [0.1, 0.15) is 20.7 Å². The van der Waals surface area contributed by atoms with Crippen LogP contribution in [-0.2, 0) is 46.3 Å². The number of anilines is 2. The molecule has 0 bridgehead atoms. The van der Waals surface area contributed by atoms with Crippen LogP contribution in [0.15, 0.2) is 24.3 Å². The molecule has 0 aliphatic carbocycles. The SMILES string of the molecule is O=C(COC(=O)c1c(Cl)ccc(N(N2CCOCC2)S(=O)O)c1Cl)COC(=O)c1c(Cl)ccc(N(N2CCOCC2)S(=O)O)c1Cl. The number of ether oxygens (including phenoxy) is 4. The molecule has 2 aliphatic rings. The summed E-state index contributed by atoms with van der Waals surface area (Å²) in [6, 6.07) is 5.24. The smallest absolute Gasteiger partial charge is 0.341 e. The number of rotatable bonds is 12. The summed E-state index contributed by atoms with van der Waals surface area (Å²) in [5.41, 5.74) is -0.768. The van der Waals surface area contributed by atoms with E-state index in [1.807, 2.05) is 0 Å². The molecule has 0 saturated carbocycles. The second-order valence-electron chi connectivity index (χ2n) is 9.34. The second-order valence-corrected chi connectivity index (χ2v) is 12.5. The van der Waals surface area contributed by atoms with Gasteiger partial charge in [0, 0.05) is 26.2 Å². The molecule has 0 radical (unpaired) electrons. The standard InChI is InChI=1S/C25H26Cl4N4O11S2/c26-16-1-3-18(32(45(37)38)30-5-9-41-10-6-30)22(28)20(16)24(35)43-13-15(34)14-44-25(36)21-17(27)2-4-19(23(21)29)33(46(39)40)31-7-11-42-12-8-31/h1-4H,5-14H2,(H,37,38)(H,39,40). The van der Waals surface area contributed by atoms with Gasteiger partial charge in [0.05, 0.1) is 69.0 Å². The minimum atomic E-state index is -2.57. The monoisotopic (exact) mass is 762 g/mol. The van der Waals surface area contributed by atoms with Gasteiger partial charge in [-0.3, -0.25) is 13.9 Å². The third-order valence-electron chi connectivity index (χ3n) is 6.47. The van der Waals surface area contributed by atoms with Gasteiger partial charge < -0.3 is 18.9 Å². The Kier molecular flexibility index (Phi) is 13.4. The molecule has 2 aromatic carbocycles. The number of esters is 2. The van der Waals surface area contributed by atoms with Gasteiger partial charge in [0.25, 0.3) is 22.5 Å². The maximum absolute atomic E-state index is 12.9. The summed E-state index contributed by atoms with van der Waals surface area (Å²) in [6.07, 6.45) is 0. The van der Waals surface area contributed by atoms with Gasteiger partial charge in [-0.15, -0.1) is 0 Å². The van der Waals surface area contributed by atoms with Crippen molar-refractivity contribution in [1.82, 2.24) is 10.0 Å². The maximum Gasteiger partial charge on any atom is 0.341 e. The molecule has 0 aromatic heterocycles. The highest BCUT2D eigenvalue weighted by atomic mass is 35.5. The Morgan fingerprint density at radius 3 is 1.37 bits per heavy atom. The molecule has 0 spiro atoms. The molecule has 0 amide bonds. The zero-order chi connectivity index (χ0) is 33.5. The lowest BCUT2D eigenvalue weighted by molar-refractivity contribution is -0.125. The molecule has 46 heavy (non-hydrogen) atoms. The Balaban J connectivity index is 1.42. The number of hydrogen-bond acceptors (Lipinski definition) is 11. The van der Waals surface area contributed by atoms with Crippen LogP contribution in [0.25, 0.3) is 0 Å². The molecule has 2 aliphatic heterocycles. The van der Waals surface area contributed by atoms with Crippen molar-refractivity contribution in [2.75, 3.05) is 74.6 Å². The lowest BCUT2D eigenvalue weighted by Gasteiger charge is -2.36. The summed E-state index contributed by atoms with van der Waals surface area (Å²) in [5, 5.41) is 2.12. The Hall–Kier alpha value is -2.13. The van der Waals surface area contributed by atoms with Crippen LogP contribution in [0.3, 0.4) is 0 Å². The predicted octanol–water partition coefficient (Wildman–Crippen LogP) is 3.26. The molecular weight excluding hydrogens is 738 g/mol. The zero-order valence-corrected chi connectivity index (χ0v) is 28.2. The van der Waals surface area contributed by atoms with E-state index in [-0.39, 0.29) is 68.8 Å². The number of ketones is 1. The average molecular weight is 764 g/mol. The Labute approximate surface area is 287 Å². The van der Waals surface area contributed by atoms with Crippen molar-refractivity contribution in [3.8, 4) is 0 Å². The predicted molar refractivity (Wildman–Crippen MR) is 170 cm³/mol. The fourth-order valence-electron chi connectivity index (χ4n) is 4.37. The van der Waals surface area contributed by atoms with E-state index in [2.05, 4.69) is 0 Å². The Morgan fingerprint density at radius 1 is 0.696 bits per heavy atom. The van der Waals surface area contributed by atoms with E-state index in [1.165, 1.54) is 34.3 Å². The molecule has 15 nitrogen and oxygen atoms in total. The molecule has 2 atom stereocenters. The number of Topliss-reactive ketones (excluding diaryl/α,β-unsaturated/α-hetero) is 1. The number of hydrogen-bond donors (Lipinski definition) is 2. The number of carbonyl (C=O) groups excluding carboxylic acids is 3. The molecule has 252 valence electrons. The van der Waals surface area contributed by atoms with E-state index >= 15 is 0 Å². The highest BCUT2D eigenvalue weighted by molar-refractivity contribution is 7.80. The molecule has 4 rings (SSSR count). The van der Waals surface area contributed by atoms with Crippen LogP contribution >= 0.6 is 46.4 Å². The van der Waals surface area contributed by atoms with Crippen LogP contribution < -0.4 is 8.83 Å². The van der Waals surface area contributed by atoms with Gasteiger partial charge in [0.1, 0.15) is 0 Å².